The Morgan fingerprint density at radius 3 is 2.53 bits per heavy atom. The van der Waals surface area contributed by atoms with Gasteiger partial charge >= 0.3 is 0 Å². The maximum absolute atomic E-state index is 5.13. The summed E-state index contributed by atoms with van der Waals surface area (Å²) in [5.74, 6) is 0.901. The largest absolute Gasteiger partial charge is 0.497 e. The van der Waals surface area contributed by atoms with Crippen molar-refractivity contribution < 1.29 is 4.74 Å². The second-order valence-electron chi connectivity index (χ2n) is 3.52. The van der Waals surface area contributed by atoms with Crippen molar-refractivity contribution in [2.45, 2.75) is 12.8 Å². The summed E-state index contributed by atoms with van der Waals surface area (Å²) in [7, 11) is 1.69. The zero-order chi connectivity index (χ0) is 10.7. The van der Waals surface area contributed by atoms with Crippen LogP contribution in [0.1, 0.15) is 18.4 Å². The van der Waals surface area contributed by atoms with Crippen molar-refractivity contribution in [1.82, 2.24) is 0 Å². The number of hydrogen-bond donors (Lipinski definition) is 0. The van der Waals surface area contributed by atoms with E-state index in [0.717, 1.165) is 18.6 Å². The molecule has 0 radical (unpaired) electrons. The van der Waals surface area contributed by atoms with Gasteiger partial charge in [-0.15, -0.1) is 0 Å². The molecule has 1 aliphatic carbocycles. The Morgan fingerprint density at radius 1 is 1.20 bits per heavy atom. The Hall–Kier alpha value is -1.02. The van der Waals surface area contributed by atoms with Gasteiger partial charge in [-0.3, -0.25) is 0 Å². The van der Waals surface area contributed by atoms with Crippen molar-refractivity contribution >= 4 is 21.5 Å². The molecule has 0 amide bonds. The highest BCUT2D eigenvalue weighted by atomic mass is 79.9. The SMILES string of the molecule is COc1ccc(C2=CCCC(Br)=C2)cc1. The molecule has 0 saturated heterocycles. The Bertz CT molecular complexity index is 401. The van der Waals surface area contributed by atoms with Gasteiger partial charge in [-0.2, -0.15) is 0 Å². The van der Waals surface area contributed by atoms with Gasteiger partial charge in [0.25, 0.3) is 0 Å². The van der Waals surface area contributed by atoms with Crippen LogP contribution in [0.15, 0.2) is 40.9 Å². The van der Waals surface area contributed by atoms with Gasteiger partial charge < -0.3 is 4.74 Å². The highest BCUT2D eigenvalue weighted by Gasteiger charge is 2.05. The van der Waals surface area contributed by atoms with Gasteiger partial charge in [-0.25, -0.2) is 0 Å². The van der Waals surface area contributed by atoms with Crippen LogP contribution in [0.2, 0.25) is 0 Å². The molecule has 1 aromatic carbocycles. The molecule has 2 heteroatoms. The second kappa shape index (κ2) is 4.67. The molecule has 0 aliphatic heterocycles. The third-order valence-corrected chi connectivity index (χ3v) is 3.11. The highest BCUT2D eigenvalue weighted by molar-refractivity contribution is 9.11. The molecule has 1 aliphatic rings. The number of ether oxygens (including phenoxy) is 1. The molecule has 2 rings (SSSR count). The smallest absolute Gasteiger partial charge is 0.118 e. The quantitative estimate of drug-likeness (QED) is 0.780. The molecular weight excluding hydrogens is 252 g/mol. The monoisotopic (exact) mass is 264 g/mol. The van der Waals surface area contributed by atoms with Crippen LogP contribution >= 0.6 is 15.9 Å². The van der Waals surface area contributed by atoms with Crippen molar-refractivity contribution in [2.75, 3.05) is 7.11 Å². The Balaban J connectivity index is 2.26. The third kappa shape index (κ3) is 2.51. The summed E-state index contributed by atoms with van der Waals surface area (Å²) < 4.78 is 6.41. The van der Waals surface area contributed by atoms with Gasteiger partial charge in [-0.05, 0) is 46.7 Å². The minimum Gasteiger partial charge on any atom is -0.497 e. The van der Waals surface area contributed by atoms with Crippen LogP contribution in [0.4, 0.5) is 0 Å². The number of halogens is 1. The number of methoxy groups -OCH3 is 1. The number of rotatable bonds is 2. The molecule has 0 bridgehead atoms. The Morgan fingerprint density at radius 2 is 1.93 bits per heavy atom. The van der Waals surface area contributed by atoms with E-state index in [9.17, 15) is 0 Å². The van der Waals surface area contributed by atoms with Crippen LogP contribution in [-0.4, -0.2) is 7.11 Å². The lowest BCUT2D eigenvalue weighted by Crippen LogP contribution is -1.89. The van der Waals surface area contributed by atoms with Crippen LogP contribution in [0, 0.1) is 0 Å². The molecular formula is C13H13BrO. The summed E-state index contributed by atoms with van der Waals surface area (Å²) in [5, 5.41) is 0. The fraction of sp³-hybridized carbons (Fsp3) is 0.231. The minimum absolute atomic E-state index is 0.901. The van der Waals surface area contributed by atoms with Crippen molar-refractivity contribution in [3.63, 3.8) is 0 Å². The number of benzene rings is 1. The fourth-order valence-electron chi connectivity index (χ4n) is 1.65. The minimum atomic E-state index is 0.901. The van der Waals surface area contributed by atoms with Gasteiger partial charge in [0.1, 0.15) is 5.75 Å². The van der Waals surface area contributed by atoms with Crippen LogP contribution in [0.25, 0.3) is 5.57 Å². The molecule has 0 saturated carbocycles. The van der Waals surface area contributed by atoms with Gasteiger partial charge in [-0.1, -0.05) is 34.1 Å². The summed E-state index contributed by atoms with van der Waals surface area (Å²) in [6.45, 7) is 0. The number of allylic oxidation sites excluding steroid dienone is 4. The average Bonchev–Trinajstić information content (AvgIpc) is 2.29. The van der Waals surface area contributed by atoms with Crippen LogP contribution in [0.3, 0.4) is 0 Å². The van der Waals surface area contributed by atoms with E-state index in [4.69, 9.17) is 4.74 Å². The summed E-state index contributed by atoms with van der Waals surface area (Å²) in [6.07, 6.45) is 6.68. The zero-order valence-electron chi connectivity index (χ0n) is 8.66. The van der Waals surface area contributed by atoms with Crippen molar-refractivity contribution in [3.8, 4) is 5.75 Å². The predicted molar refractivity (Wildman–Crippen MR) is 67.2 cm³/mol. The van der Waals surface area contributed by atoms with Gasteiger partial charge in [0, 0.05) is 0 Å². The third-order valence-electron chi connectivity index (χ3n) is 2.48. The van der Waals surface area contributed by atoms with Gasteiger partial charge in [0.2, 0.25) is 0 Å². The van der Waals surface area contributed by atoms with Crippen molar-refractivity contribution in [1.29, 1.82) is 0 Å². The van der Waals surface area contributed by atoms with E-state index in [1.807, 2.05) is 12.1 Å². The van der Waals surface area contributed by atoms with Crippen molar-refractivity contribution in [2.24, 2.45) is 0 Å². The first kappa shape index (κ1) is 10.5. The summed E-state index contributed by atoms with van der Waals surface area (Å²) in [6, 6.07) is 8.17. The summed E-state index contributed by atoms with van der Waals surface area (Å²) in [5.41, 5.74) is 2.53. The van der Waals surface area contributed by atoms with E-state index in [-0.39, 0.29) is 0 Å². The zero-order valence-corrected chi connectivity index (χ0v) is 10.3. The fourth-order valence-corrected chi connectivity index (χ4v) is 2.13. The molecule has 0 spiro atoms. The molecule has 15 heavy (non-hydrogen) atoms. The van der Waals surface area contributed by atoms with Crippen molar-refractivity contribution in [3.05, 3.63) is 46.5 Å². The van der Waals surface area contributed by atoms with Crippen LogP contribution in [-0.2, 0) is 0 Å². The first-order valence-corrected chi connectivity index (χ1v) is 5.79. The van der Waals surface area contributed by atoms with E-state index in [1.54, 1.807) is 7.11 Å². The first-order chi connectivity index (χ1) is 7.29. The molecule has 1 nitrogen and oxygen atoms in total. The second-order valence-corrected chi connectivity index (χ2v) is 4.54. The lowest BCUT2D eigenvalue weighted by atomic mass is 10.00. The first-order valence-electron chi connectivity index (χ1n) is 5.00. The molecule has 0 fully saturated rings. The number of hydrogen-bond acceptors (Lipinski definition) is 1. The maximum atomic E-state index is 5.13. The molecule has 0 aromatic heterocycles. The Labute approximate surface area is 98.6 Å². The molecule has 1 aromatic rings. The molecule has 0 unspecified atom stereocenters. The Kier molecular flexibility index (Phi) is 3.27. The lowest BCUT2D eigenvalue weighted by molar-refractivity contribution is 0.415. The average molecular weight is 265 g/mol. The van der Waals surface area contributed by atoms with E-state index in [2.05, 4.69) is 40.2 Å². The van der Waals surface area contributed by atoms with E-state index >= 15 is 0 Å². The van der Waals surface area contributed by atoms with Gasteiger partial charge in [0.15, 0.2) is 0 Å². The predicted octanol–water partition coefficient (Wildman–Crippen LogP) is 4.15. The lowest BCUT2D eigenvalue weighted by Gasteiger charge is -2.10. The van der Waals surface area contributed by atoms with E-state index < -0.39 is 0 Å². The molecule has 0 atom stereocenters. The summed E-state index contributed by atoms with van der Waals surface area (Å²) in [4.78, 5) is 0. The molecule has 0 heterocycles. The van der Waals surface area contributed by atoms with E-state index in [0.29, 0.717) is 0 Å². The maximum Gasteiger partial charge on any atom is 0.118 e. The topological polar surface area (TPSA) is 9.23 Å². The molecule has 0 N–H and O–H groups in total. The standard InChI is InChI=1S/C13H13BrO/c1-15-13-7-5-10(6-8-13)11-3-2-4-12(14)9-11/h3,5-9H,2,4H2,1H3. The highest BCUT2D eigenvalue weighted by Crippen LogP contribution is 2.28. The molecule has 78 valence electrons. The van der Waals surface area contributed by atoms with Crippen LogP contribution < -0.4 is 4.74 Å². The normalized spacial score (nSPS) is 15.6. The van der Waals surface area contributed by atoms with E-state index in [1.165, 1.54) is 15.6 Å². The van der Waals surface area contributed by atoms with Crippen LogP contribution in [0.5, 0.6) is 5.75 Å². The van der Waals surface area contributed by atoms with Gasteiger partial charge in [0.05, 0.1) is 7.11 Å². The summed E-state index contributed by atoms with van der Waals surface area (Å²) >= 11 is 3.55.